The van der Waals surface area contributed by atoms with Crippen LogP contribution in [-0.4, -0.2) is 23.2 Å². The maximum Gasteiger partial charge on any atom is 0.246 e. The number of hydrogen-bond donors (Lipinski definition) is 2. The highest BCUT2D eigenvalue weighted by molar-refractivity contribution is 7.89. The summed E-state index contributed by atoms with van der Waals surface area (Å²) in [7, 11) is -2.12. The Bertz CT molecular complexity index is 716. The smallest absolute Gasteiger partial charge is 0.246 e. The van der Waals surface area contributed by atoms with Gasteiger partial charge in [-0.3, -0.25) is 4.68 Å². The van der Waals surface area contributed by atoms with E-state index in [4.69, 9.17) is 10.2 Å². The summed E-state index contributed by atoms with van der Waals surface area (Å²) in [5, 5.41) is 3.89. The zero-order valence-electron chi connectivity index (χ0n) is 11.5. The molecule has 0 aliphatic heterocycles. The van der Waals surface area contributed by atoms with Gasteiger partial charge in [-0.15, -0.1) is 0 Å². The van der Waals surface area contributed by atoms with Gasteiger partial charge in [0.1, 0.15) is 10.7 Å². The first-order valence-electron chi connectivity index (χ1n) is 6.07. The second kappa shape index (κ2) is 5.25. The van der Waals surface area contributed by atoms with Gasteiger partial charge in [0, 0.05) is 13.5 Å². The van der Waals surface area contributed by atoms with Crippen LogP contribution in [0.1, 0.15) is 24.3 Å². The molecule has 0 aliphatic carbocycles. The number of rotatable bonds is 5. The summed E-state index contributed by atoms with van der Waals surface area (Å²) in [6.07, 6.45) is 2.28. The fraction of sp³-hybridized carbons (Fsp3) is 0.455. The average Bonchev–Trinajstić information content (AvgIpc) is 2.93. The largest absolute Gasteiger partial charge is 0.444 e. The molecule has 0 radical (unpaired) electrons. The van der Waals surface area contributed by atoms with Crippen LogP contribution in [0.25, 0.3) is 0 Å². The highest BCUT2D eigenvalue weighted by Gasteiger charge is 2.24. The van der Waals surface area contributed by atoms with E-state index in [0.29, 0.717) is 23.8 Å². The lowest BCUT2D eigenvalue weighted by Gasteiger charge is -2.05. The van der Waals surface area contributed by atoms with Crippen LogP contribution in [0.2, 0.25) is 0 Å². The van der Waals surface area contributed by atoms with E-state index in [9.17, 15) is 8.42 Å². The van der Waals surface area contributed by atoms with E-state index in [2.05, 4.69) is 14.8 Å². The summed E-state index contributed by atoms with van der Waals surface area (Å²) < 4.78 is 33.6. The van der Waals surface area contributed by atoms with E-state index in [0.717, 1.165) is 0 Å². The number of nitrogens with two attached hydrogens (primary N) is 1. The summed E-state index contributed by atoms with van der Waals surface area (Å²) in [6, 6.07) is 0. The van der Waals surface area contributed by atoms with Crippen LogP contribution in [-0.2, 0) is 30.0 Å². The maximum atomic E-state index is 12.2. The number of nitrogen functional groups attached to an aromatic ring is 1. The highest BCUT2D eigenvalue weighted by atomic mass is 32.2. The van der Waals surface area contributed by atoms with Crippen molar-refractivity contribution >= 4 is 15.8 Å². The molecule has 0 saturated heterocycles. The van der Waals surface area contributed by atoms with Gasteiger partial charge in [0.05, 0.1) is 18.4 Å². The second-order valence-electron chi connectivity index (χ2n) is 4.32. The second-order valence-corrected chi connectivity index (χ2v) is 6.03. The Morgan fingerprint density at radius 1 is 1.50 bits per heavy atom. The minimum absolute atomic E-state index is 0.0118. The van der Waals surface area contributed by atoms with E-state index >= 15 is 0 Å². The highest BCUT2D eigenvalue weighted by Crippen LogP contribution is 2.21. The number of aromatic nitrogens is 3. The Morgan fingerprint density at radius 2 is 2.20 bits per heavy atom. The van der Waals surface area contributed by atoms with Gasteiger partial charge in [-0.2, -0.15) is 5.10 Å². The van der Waals surface area contributed by atoms with Crippen LogP contribution >= 0.6 is 0 Å². The summed E-state index contributed by atoms with van der Waals surface area (Å²) in [5.41, 5.74) is 6.10. The van der Waals surface area contributed by atoms with Crippen molar-refractivity contribution in [3.8, 4) is 0 Å². The van der Waals surface area contributed by atoms with Crippen LogP contribution in [0.4, 0.5) is 5.82 Å². The fourth-order valence-corrected chi connectivity index (χ4v) is 3.06. The Morgan fingerprint density at radius 3 is 2.70 bits per heavy atom. The first-order chi connectivity index (χ1) is 9.35. The van der Waals surface area contributed by atoms with Crippen molar-refractivity contribution in [2.45, 2.75) is 31.7 Å². The van der Waals surface area contributed by atoms with E-state index in [-0.39, 0.29) is 17.3 Å². The van der Waals surface area contributed by atoms with Gasteiger partial charge < -0.3 is 10.2 Å². The Balaban J connectivity index is 2.19. The van der Waals surface area contributed by atoms with Crippen LogP contribution in [0.15, 0.2) is 15.5 Å². The minimum Gasteiger partial charge on any atom is -0.444 e. The maximum absolute atomic E-state index is 12.2. The molecule has 3 N–H and O–H groups in total. The standard InChI is InChI=1S/C11H17N5O3S/c1-4-8-5-13-9(19-8)6-14-20(17,18)10-7(2)16(3)15-11(10)12/h5,14H,4,6H2,1-3H3,(H2,12,15). The average molecular weight is 299 g/mol. The number of aryl methyl sites for hydroxylation is 2. The number of sulfonamides is 1. The lowest BCUT2D eigenvalue weighted by Crippen LogP contribution is -2.24. The third-order valence-electron chi connectivity index (χ3n) is 2.94. The predicted molar refractivity (Wildman–Crippen MR) is 72.3 cm³/mol. The number of oxazole rings is 1. The summed E-state index contributed by atoms with van der Waals surface area (Å²) in [5.74, 6) is 0.987. The number of nitrogens with one attached hydrogen (secondary N) is 1. The molecule has 2 aromatic heterocycles. The van der Waals surface area contributed by atoms with Gasteiger partial charge >= 0.3 is 0 Å². The Kier molecular flexibility index (Phi) is 3.82. The minimum atomic E-state index is -3.75. The molecule has 0 spiro atoms. The molecule has 0 atom stereocenters. The number of anilines is 1. The van der Waals surface area contributed by atoms with Gasteiger partial charge in [0.15, 0.2) is 5.82 Å². The molecule has 110 valence electrons. The van der Waals surface area contributed by atoms with Crippen molar-refractivity contribution in [1.82, 2.24) is 19.5 Å². The van der Waals surface area contributed by atoms with E-state index in [1.165, 1.54) is 4.68 Å². The zero-order chi connectivity index (χ0) is 14.9. The van der Waals surface area contributed by atoms with Crippen molar-refractivity contribution in [3.05, 3.63) is 23.5 Å². The van der Waals surface area contributed by atoms with Crippen molar-refractivity contribution in [1.29, 1.82) is 0 Å². The molecule has 2 aromatic rings. The molecular formula is C11H17N5O3S. The monoisotopic (exact) mass is 299 g/mol. The summed E-state index contributed by atoms with van der Waals surface area (Å²) in [6.45, 7) is 3.53. The molecule has 2 heterocycles. The fourth-order valence-electron chi connectivity index (χ4n) is 1.77. The van der Waals surface area contributed by atoms with Crippen LogP contribution < -0.4 is 10.5 Å². The van der Waals surface area contributed by atoms with Crippen molar-refractivity contribution in [3.63, 3.8) is 0 Å². The first kappa shape index (κ1) is 14.5. The predicted octanol–water partition coefficient (Wildman–Crippen LogP) is 0.340. The normalized spacial score (nSPS) is 11.9. The van der Waals surface area contributed by atoms with Gasteiger partial charge in [-0.05, 0) is 6.92 Å². The van der Waals surface area contributed by atoms with Gasteiger partial charge in [-0.25, -0.2) is 18.1 Å². The lowest BCUT2D eigenvalue weighted by atomic mass is 10.4. The quantitative estimate of drug-likeness (QED) is 0.822. The van der Waals surface area contributed by atoms with Crippen LogP contribution in [0.3, 0.4) is 0 Å². The molecule has 9 heteroatoms. The van der Waals surface area contributed by atoms with Crippen molar-refractivity contribution in [2.24, 2.45) is 7.05 Å². The Labute approximate surface area is 117 Å². The number of hydrogen-bond acceptors (Lipinski definition) is 6. The van der Waals surface area contributed by atoms with Crippen molar-refractivity contribution in [2.75, 3.05) is 5.73 Å². The first-order valence-corrected chi connectivity index (χ1v) is 7.55. The van der Waals surface area contributed by atoms with Crippen LogP contribution in [0.5, 0.6) is 0 Å². The van der Waals surface area contributed by atoms with Crippen molar-refractivity contribution < 1.29 is 12.8 Å². The van der Waals surface area contributed by atoms with E-state index in [1.807, 2.05) is 6.92 Å². The van der Waals surface area contributed by atoms with E-state index in [1.54, 1.807) is 20.2 Å². The number of nitrogens with zero attached hydrogens (tertiary/aromatic N) is 3. The van der Waals surface area contributed by atoms with Gasteiger partial charge in [-0.1, -0.05) is 6.92 Å². The topological polar surface area (TPSA) is 116 Å². The molecule has 0 fully saturated rings. The molecule has 0 amide bonds. The van der Waals surface area contributed by atoms with Crippen LogP contribution in [0, 0.1) is 6.92 Å². The molecule has 8 nitrogen and oxygen atoms in total. The third kappa shape index (κ3) is 2.68. The molecule has 0 aromatic carbocycles. The zero-order valence-corrected chi connectivity index (χ0v) is 12.4. The van der Waals surface area contributed by atoms with Gasteiger partial charge in [0.2, 0.25) is 15.9 Å². The Hall–Kier alpha value is -1.87. The summed E-state index contributed by atoms with van der Waals surface area (Å²) >= 11 is 0. The third-order valence-corrected chi connectivity index (χ3v) is 4.50. The molecular weight excluding hydrogens is 282 g/mol. The molecule has 0 saturated carbocycles. The molecule has 0 aliphatic rings. The molecule has 0 unspecified atom stereocenters. The molecule has 0 bridgehead atoms. The van der Waals surface area contributed by atoms with Gasteiger partial charge in [0.25, 0.3) is 0 Å². The molecule has 20 heavy (non-hydrogen) atoms. The summed E-state index contributed by atoms with van der Waals surface area (Å²) in [4.78, 5) is 3.98. The van der Waals surface area contributed by atoms with E-state index < -0.39 is 10.0 Å². The molecule has 2 rings (SSSR count). The lowest BCUT2D eigenvalue weighted by molar-refractivity contribution is 0.452. The SMILES string of the molecule is CCc1cnc(CNS(=O)(=O)c2c(N)nn(C)c2C)o1.